The van der Waals surface area contributed by atoms with Crippen LogP contribution in [0.25, 0.3) is 0 Å². The van der Waals surface area contributed by atoms with E-state index in [9.17, 15) is 14.7 Å². The van der Waals surface area contributed by atoms with Gasteiger partial charge in [-0.05, 0) is 43.2 Å². The number of amides is 1. The highest BCUT2D eigenvalue weighted by molar-refractivity contribution is 5.83. The maximum atomic E-state index is 13.1. The zero-order valence-corrected chi connectivity index (χ0v) is 19.0. The molecule has 1 unspecified atom stereocenters. The fraction of sp³-hybridized carbons (Fsp3) is 0.407. The van der Waals surface area contributed by atoms with Crippen LogP contribution < -0.4 is 5.32 Å². The highest BCUT2D eigenvalue weighted by atomic mass is 16.5. The molecular weight excluding hydrogens is 416 g/mol. The van der Waals surface area contributed by atoms with E-state index in [4.69, 9.17) is 4.74 Å². The van der Waals surface area contributed by atoms with Crippen LogP contribution in [0.4, 0.5) is 0 Å². The van der Waals surface area contributed by atoms with Crippen LogP contribution in [0.1, 0.15) is 25.7 Å². The quantitative estimate of drug-likeness (QED) is 0.686. The third-order valence-corrected chi connectivity index (χ3v) is 6.89. The fourth-order valence-corrected chi connectivity index (χ4v) is 4.96. The number of carboxylic acid groups (broad SMARTS) is 1. The van der Waals surface area contributed by atoms with E-state index in [0.29, 0.717) is 31.7 Å². The number of nitrogens with zero attached hydrogens (tertiary/aromatic N) is 1. The van der Waals surface area contributed by atoms with Crippen LogP contribution in [-0.4, -0.2) is 53.7 Å². The first-order valence-corrected chi connectivity index (χ1v) is 11.7. The number of piperidine rings is 2. The molecule has 0 bridgehead atoms. The van der Waals surface area contributed by atoms with Crippen LogP contribution in [0.3, 0.4) is 0 Å². The van der Waals surface area contributed by atoms with Gasteiger partial charge in [0, 0.05) is 31.5 Å². The van der Waals surface area contributed by atoms with Gasteiger partial charge >= 0.3 is 5.97 Å². The van der Waals surface area contributed by atoms with E-state index in [1.807, 2.05) is 36.5 Å². The van der Waals surface area contributed by atoms with Gasteiger partial charge in [0.2, 0.25) is 5.91 Å². The van der Waals surface area contributed by atoms with Crippen LogP contribution in [-0.2, 0) is 14.3 Å². The number of carboxylic acids is 1. The van der Waals surface area contributed by atoms with Crippen molar-refractivity contribution >= 4 is 11.9 Å². The Balaban J connectivity index is 1.54. The average Bonchev–Trinajstić information content (AvgIpc) is 3.07. The molecule has 4 rings (SSSR count). The van der Waals surface area contributed by atoms with Gasteiger partial charge in [0.1, 0.15) is 11.4 Å². The fourth-order valence-electron chi connectivity index (χ4n) is 4.96. The zero-order valence-electron chi connectivity index (χ0n) is 19.0. The van der Waals surface area contributed by atoms with Crippen LogP contribution in [0.2, 0.25) is 0 Å². The van der Waals surface area contributed by atoms with Crippen LogP contribution in [0.15, 0.2) is 84.2 Å². The maximum Gasteiger partial charge on any atom is 0.306 e. The SMILES string of the molecule is C=C/C=C1\C(=C)OC2(C=C1C1=CC=CC(C(=O)N3CCC(C(=O)O)CC3)C=C1)CCNCC2. The molecule has 174 valence electrons. The van der Waals surface area contributed by atoms with Gasteiger partial charge in [-0.1, -0.05) is 55.7 Å². The zero-order chi connectivity index (χ0) is 23.4. The normalized spacial score (nSPS) is 26.4. The molecule has 6 heteroatoms. The number of likely N-dealkylation sites (tertiary alicyclic amines) is 1. The maximum absolute atomic E-state index is 13.1. The first-order chi connectivity index (χ1) is 15.9. The summed E-state index contributed by atoms with van der Waals surface area (Å²) >= 11 is 0. The van der Waals surface area contributed by atoms with Crippen molar-refractivity contribution < 1.29 is 19.4 Å². The van der Waals surface area contributed by atoms with Gasteiger partial charge in [-0.25, -0.2) is 0 Å². The molecule has 1 spiro atoms. The molecule has 0 aromatic carbocycles. The van der Waals surface area contributed by atoms with Crippen molar-refractivity contribution in [1.29, 1.82) is 0 Å². The number of carbonyl (C=O) groups is 2. The molecule has 0 radical (unpaired) electrons. The number of hydrogen-bond donors (Lipinski definition) is 2. The Morgan fingerprint density at radius 2 is 1.94 bits per heavy atom. The summed E-state index contributed by atoms with van der Waals surface area (Å²) in [6.45, 7) is 10.8. The third-order valence-electron chi connectivity index (χ3n) is 6.89. The Bertz CT molecular complexity index is 984. The lowest BCUT2D eigenvalue weighted by Crippen LogP contribution is -2.44. The minimum atomic E-state index is -0.772. The van der Waals surface area contributed by atoms with Crippen molar-refractivity contribution in [1.82, 2.24) is 10.2 Å². The standard InChI is InChI=1S/C27H32N2O4/c1-3-5-23-19(2)33-27(12-14-28-15-13-27)18-24(23)20-6-4-7-21(9-8-20)25(30)29-16-10-22(11-17-29)26(31)32/h3-9,18,21-22,28H,1-2,10-17H2,(H,31,32)/b23-5+. The molecule has 0 saturated carbocycles. The molecule has 33 heavy (non-hydrogen) atoms. The molecular formula is C27H32N2O4. The first-order valence-electron chi connectivity index (χ1n) is 11.7. The summed E-state index contributed by atoms with van der Waals surface area (Å²) in [5, 5.41) is 12.6. The number of ether oxygens (including phenoxy) is 1. The lowest BCUT2D eigenvalue weighted by atomic mass is 9.82. The van der Waals surface area contributed by atoms with E-state index in [-0.39, 0.29) is 23.3 Å². The minimum absolute atomic E-state index is 0.0167. The predicted octanol–water partition coefficient (Wildman–Crippen LogP) is 3.68. The van der Waals surface area contributed by atoms with E-state index in [1.165, 1.54) is 0 Å². The highest BCUT2D eigenvalue weighted by Crippen LogP contribution is 2.41. The summed E-state index contributed by atoms with van der Waals surface area (Å²) in [6, 6.07) is 0. The van der Waals surface area contributed by atoms with E-state index < -0.39 is 5.97 Å². The molecule has 1 atom stereocenters. The van der Waals surface area contributed by atoms with Crippen LogP contribution in [0, 0.1) is 11.8 Å². The molecule has 2 saturated heterocycles. The van der Waals surface area contributed by atoms with Crippen molar-refractivity contribution in [3.8, 4) is 0 Å². The van der Waals surface area contributed by atoms with E-state index in [2.05, 4.69) is 24.6 Å². The Hall–Kier alpha value is -3.12. The Morgan fingerprint density at radius 3 is 2.61 bits per heavy atom. The van der Waals surface area contributed by atoms with E-state index in [1.54, 1.807) is 11.0 Å². The van der Waals surface area contributed by atoms with Gasteiger partial charge in [-0.15, -0.1) is 0 Å². The Kier molecular flexibility index (Phi) is 6.84. The molecule has 3 heterocycles. The number of allylic oxidation sites excluding steroid dienone is 7. The molecule has 1 aliphatic carbocycles. The van der Waals surface area contributed by atoms with Crippen LogP contribution in [0.5, 0.6) is 0 Å². The lowest BCUT2D eigenvalue weighted by Gasteiger charge is -2.41. The highest BCUT2D eigenvalue weighted by Gasteiger charge is 2.38. The summed E-state index contributed by atoms with van der Waals surface area (Å²) in [7, 11) is 0. The van der Waals surface area contributed by atoms with Crippen molar-refractivity contribution in [3.63, 3.8) is 0 Å². The summed E-state index contributed by atoms with van der Waals surface area (Å²) in [5.41, 5.74) is 2.58. The second-order valence-corrected chi connectivity index (χ2v) is 9.04. The van der Waals surface area contributed by atoms with Gasteiger partial charge in [-0.3, -0.25) is 9.59 Å². The molecule has 0 aromatic rings. The third kappa shape index (κ3) is 4.96. The van der Waals surface area contributed by atoms with E-state index in [0.717, 1.165) is 42.7 Å². The lowest BCUT2D eigenvalue weighted by molar-refractivity contribution is -0.146. The number of rotatable bonds is 4. The van der Waals surface area contributed by atoms with Gasteiger partial charge in [0.25, 0.3) is 0 Å². The Morgan fingerprint density at radius 1 is 1.21 bits per heavy atom. The predicted molar refractivity (Wildman–Crippen MR) is 128 cm³/mol. The second-order valence-electron chi connectivity index (χ2n) is 9.04. The Labute approximate surface area is 195 Å². The number of hydrogen-bond acceptors (Lipinski definition) is 4. The van der Waals surface area contributed by atoms with Crippen molar-refractivity contribution in [3.05, 3.63) is 84.2 Å². The van der Waals surface area contributed by atoms with Crippen molar-refractivity contribution in [2.75, 3.05) is 26.2 Å². The summed E-state index contributed by atoms with van der Waals surface area (Å²) in [4.78, 5) is 26.1. The monoisotopic (exact) mass is 448 g/mol. The van der Waals surface area contributed by atoms with Gasteiger partial charge in [0.15, 0.2) is 0 Å². The smallest absolute Gasteiger partial charge is 0.306 e. The molecule has 6 nitrogen and oxygen atoms in total. The number of aliphatic carboxylic acids is 1. The van der Waals surface area contributed by atoms with Gasteiger partial charge < -0.3 is 20.1 Å². The molecule has 2 N–H and O–H groups in total. The summed E-state index contributed by atoms with van der Waals surface area (Å²) < 4.78 is 6.30. The number of nitrogens with one attached hydrogen (secondary N) is 1. The first kappa shape index (κ1) is 23.1. The summed E-state index contributed by atoms with van der Waals surface area (Å²) in [6.07, 6.45) is 18.4. The topological polar surface area (TPSA) is 78.9 Å². The largest absolute Gasteiger partial charge is 0.483 e. The second kappa shape index (κ2) is 9.79. The number of carbonyl (C=O) groups excluding carboxylic acids is 1. The van der Waals surface area contributed by atoms with Crippen LogP contribution >= 0.6 is 0 Å². The molecule has 4 aliphatic rings. The van der Waals surface area contributed by atoms with E-state index >= 15 is 0 Å². The van der Waals surface area contributed by atoms with Crippen molar-refractivity contribution in [2.45, 2.75) is 31.3 Å². The molecule has 3 aliphatic heterocycles. The van der Waals surface area contributed by atoms with Gasteiger partial charge in [-0.2, -0.15) is 0 Å². The van der Waals surface area contributed by atoms with Gasteiger partial charge in [0.05, 0.1) is 11.8 Å². The molecule has 1 amide bonds. The average molecular weight is 449 g/mol. The summed E-state index contributed by atoms with van der Waals surface area (Å²) in [5.74, 6) is -0.836. The minimum Gasteiger partial charge on any atom is -0.483 e. The van der Waals surface area contributed by atoms with Crippen molar-refractivity contribution in [2.24, 2.45) is 11.8 Å². The molecule has 0 aromatic heterocycles. The molecule has 2 fully saturated rings.